The van der Waals surface area contributed by atoms with E-state index in [4.69, 9.17) is 10.7 Å². The van der Waals surface area contributed by atoms with Gasteiger partial charge in [0.2, 0.25) is 0 Å². The lowest BCUT2D eigenvalue weighted by atomic mass is 10.1. The van der Waals surface area contributed by atoms with Crippen LogP contribution in [0.3, 0.4) is 0 Å². The fourth-order valence-electron chi connectivity index (χ4n) is 3.43. The summed E-state index contributed by atoms with van der Waals surface area (Å²) in [6.07, 6.45) is 0.762. The summed E-state index contributed by atoms with van der Waals surface area (Å²) in [6.45, 7) is 4.23. The van der Waals surface area contributed by atoms with Gasteiger partial charge in [0.25, 0.3) is 5.56 Å². The van der Waals surface area contributed by atoms with Gasteiger partial charge in [-0.05, 0) is 37.3 Å². The predicted octanol–water partition coefficient (Wildman–Crippen LogP) is 1.62. The molecule has 0 atom stereocenters. The van der Waals surface area contributed by atoms with Crippen molar-refractivity contribution in [1.29, 1.82) is 0 Å². The van der Waals surface area contributed by atoms with E-state index in [0.717, 1.165) is 47.7 Å². The lowest BCUT2D eigenvalue weighted by Crippen LogP contribution is -2.35. The second-order valence-electron chi connectivity index (χ2n) is 6.82. The van der Waals surface area contributed by atoms with Crippen molar-refractivity contribution < 1.29 is 0 Å². The molecule has 0 saturated carbocycles. The third kappa shape index (κ3) is 3.13. The standard InChI is InChI=1S/C19H22N6O/c1-12-9-15(24(2)23-12)10-25-8-7-17-16(11-25)19(26)22-18(21-17)13-3-5-14(20)6-4-13/h3-6,9H,7-8,10-11,20H2,1-2H3,(H,21,22,26). The topological polar surface area (TPSA) is 92.8 Å². The fourth-order valence-corrected chi connectivity index (χ4v) is 3.43. The molecule has 2 aromatic heterocycles. The molecule has 0 fully saturated rings. The Bertz CT molecular complexity index is 1000. The van der Waals surface area contributed by atoms with Crippen LogP contribution in [0.2, 0.25) is 0 Å². The molecule has 0 saturated heterocycles. The predicted molar refractivity (Wildman–Crippen MR) is 100 cm³/mol. The van der Waals surface area contributed by atoms with Crippen LogP contribution >= 0.6 is 0 Å². The zero-order chi connectivity index (χ0) is 18.3. The molecule has 1 aliphatic heterocycles. The lowest BCUT2D eigenvalue weighted by molar-refractivity contribution is 0.235. The molecule has 0 unspecified atom stereocenters. The van der Waals surface area contributed by atoms with Gasteiger partial charge in [-0.15, -0.1) is 0 Å². The largest absolute Gasteiger partial charge is 0.399 e. The number of hydrogen-bond donors (Lipinski definition) is 2. The highest BCUT2D eigenvalue weighted by atomic mass is 16.1. The summed E-state index contributed by atoms with van der Waals surface area (Å²) in [4.78, 5) is 22.5. The van der Waals surface area contributed by atoms with Crippen molar-refractivity contribution in [3.63, 3.8) is 0 Å². The van der Waals surface area contributed by atoms with Crippen LogP contribution in [0.5, 0.6) is 0 Å². The Hall–Kier alpha value is -2.93. The van der Waals surface area contributed by atoms with E-state index in [-0.39, 0.29) is 5.56 Å². The molecule has 0 bridgehead atoms. The van der Waals surface area contributed by atoms with Gasteiger partial charge in [0.1, 0.15) is 5.82 Å². The summed E-state index contributed by atoms with van der Waals surface area (Å²) in [6, 6.07) is 9.46. The molecule has 0 aliphatic carbocycles. The molecule has 1 aromatic carbocycles. The van der Waals surface area contributed by atoms with Crippen molar-refractivity contribution in [2.24, 2.45) is 7.05 Å². The van der Waals surface area contributed by atoms with E-state index < -0.39 is 0 Å². The van der Waals surface area contributed by atoms with Crippen LogP contribution in [0.4, 0.5) is 5.69 Å². The van der Waals surface area contributed by atoms with Gasteiger partial charge in [-0.3, -0.25) is 14.4 Å². The molecule has 3 aromatic rings. The average Bonchev–Trinajstić information content (AvgIpc) is 2.93. The molecule has 134 valence electrons. The van der Waals surface area contributed by atoms with Crippen molar-refractivity contribution >= 4 is 5.69 Å². The van der Waals surface area contributed by atoms with Crippen LogP contribution in [0, 0.1) is 6.92 Å². The van der Waals surface area contributed by atoms with Crippen molar-refractivity contribution in [2.75, 3.05) is 12.3 Å². The number of aromatic nitrogens is 4. The fraction of sp³-hybridized carbons (Fsp3) is 0.316. The van der Waals surface area contributed by atoms with E-state index in [1.807, 2.05) is 42.9 Å². The molecule has 7 heteroatoms. The number of benzene rings is 1. The summed E-state index contributed by atoms with van der Waals surface area (Å²) < 4.78 is 1.90. The maximum Gasteiger partial charge on any atom is 0.255 e. The van der Waals surface area contributed by atoms with Gasteiger partial charge in [-0.25, -0.2) is 4.98 Å². The Morgan fingerprint density at radius 3 is 2.73 bits per heavy atom. The number of nitrogen functional groups attached to an aromatic ring is 1. The third-order valence-electron chi connectivity index (χ3n) is 4.82. The van der Waals surface area contributed by atoms with Gasteiger partial charge in [-0.2, -0.15) is 5.10 Å². The zero-order valence-corrected chi connectivity index (χ0v) is 15.0. The maximum atomic E-state index is 12.6. The molecule has 3 heterocycles. The zero-order valence-electron chi connectivity index (χ0n) is 15.0. The van der Waals surface area contributed by atoms with Crippen molar-refractivity contribution in [2.45, 2.75) is 26.4 Å². The molecule has 1 aliphatic rings. The molecule has 0 radical (unpaired) electrons. The highest BCUT2D eigenvalue weighted by Crippen LogP contribution is 2.20. The second kappa shape index (κ2) is 6.42. The number of aromatic amines is 1. The number of H-pyrrole nitrogens is 1. The van der Waals surface area contributed by atoms with E-state index in [1.54, 1.807) is 0 Å². The maximum absolute atomic E-state index is 12.6. The van der Waals surface area contributed by atoms with E-state index in [1.165, 1.54) is 0 Å². The van der Waals surface area contributed by atoms with Crippen LogP contribution in [0.1, 0.15) is 22.6 Å². The number of nitrogens with one attached hydrogen (secondary N) is 1. The van der Waals surface area contributed by atoms with Gasteiger partial charge in [0.05, 0.1) is 22.6 Å². The first-order valence-electron chi connectivity index (χ1n) is 8.69. The van der Waals surface area contributed by atoms with E-state index in [2.05, 4.69) is 21.0 Å². The molecule has 7 nitrogen and oxygen atoms in total. The molecule has 0 spiro atoms. The number of aryl methyl sites for hydroxylation is 2. The summed E-state index contributed by atoms with van der Waals surface area (Å²) in [7, 11) is 1.95. The van der Waals surface area contributed by atoms with Crippen LogP contribution in [-0.2, 0) is 26.6 Å². The van der Waals surface area contributed by atoms with Crippen molar-refractivity contribution in [1.82, 2.24) is 24.6 Å². The number of hydrogen-bond acceptors (Lipinski definition) is 5. The van der Waals surface area contributed by atoms with Crippen molar-refractivity contribution in [3.8, 4) is 11.4 Å². The molecular formula is C19H22N6O. The summed E-state index contributed by atoms with van der Waals surface area (Å²) in [5, 5.41) is 4.39. The van der Waals surface area contributed by atoms with Crippen molar-refractivity contribution in [3.05, 3.63) is 63.3 Å². The van der Waals surface area contributed by atoms with Gasteiger partial charge in [-0.1, -0.05) is 0 Å². The van der Waals surface area contributed by atoms with E-state index in [9.17, 15) is 4.79 Å². The number of anilines is 1. The van der Waals surface area contributed by atoms with Gasteiger partial charge < -0.3 is 10.7 Å². The minimum Gasteiger partial charge on any atom is -0.399 e. The highest BCUT2D eigenvalue weighted by Gasteiger charge is 2.22. The third-order valence-corrected chi connectivity index (χ3v) is 4.82. The van der Waals surface area contributed by atoms with Gasteiger partial charge in [0, 0.05) is 44.4 Å². The van der Waals surface area contributed by atoms with Crippen LogP contribution < -0.4 is 11.3 Å². The second-order valence-corrected chi connectivity index (χ2v) is 6.82. The Labute approximate surface area is 151 Å². The number of nitrogens with two attached hydrogens (primary N) is 1. The Morgan fingerprint density at radius 2 is 2.04 bits per heavy atom. The normalized spacial score (nSPS) is 14.4. The minimum absolute atomic E-state index is 0.0623. The van der Waals surface area contributed by atoms with Gasteiger partial charge in [0.15, 0.2) is 0 Å². The van der Waals surface area contributed by atoms with Gasteiger partial charge >= 0.3 is 0 Å². The quantitative estimate of drug-likeness (QED) is 0.700. The van der Waals surface area contributed by atoms with Crippen LogP contribution in [0.25, 0.3) is 11.4 Å². The van der Waals surface area contributed by atoms with E-state index in [0.29, 0.717) is 18.1 Å². The van der Waals surface area contributed by atoms with E-state index >= 15 is 0 Å². The lowest BCUT2D eigenvalue weighted by Gasteiger charge is -2.27. The molecule has 3 N–H and O–H groups in total. The SMILES string of the molecule is Cc1cc(CN2CCc3nc(-c4ccc(N)cc4)[nH]c(=O)c3C2)n(C)n1. The first kappa shape index (κ1) is 16.5. The monoisotopic (exact) mass is 350 g/mol. The molecule has 26 heavy (non-hydrogen) atoms. The first-order valence-corrected chi connectivity index (χ1v) is 8.69. The minimum atomic E-state index is -0.0623. The average molecular weight is 350 g/mol. The number of nitrogens with zero attached hydrogens (tertiary/aromatic N) is 4. The summed E-state index contributed by atoms with van der Waals surface area (Å²) in [5.74, 6) is 0.601. The summed E-state index contributed by atoms with van der Waals surface area (Å²) in [5.41, 5.74) is 11.0. The Morgan fingerprint density at radius 1 is 1.27 bits per heavy atom. The number of fused-ring (bicyclic) bond motifs is 1. The molecule has 0 amide bonds. The summed E-state index contributed by atoms with van der Waals surface area (Å²) >= 11 is 0. The number of rotatable bonds is 3. The Balaban J connectivity index is 1.59. The van der Waals surface area contributed by atoms with Crippen LogP contribution in [-0.4, -0.2) is 31.2 Å². The molecule has 4 rings (SSSR count). The van der Waals surface area contributed by atoms with Crippen LogP contribution in [0.15, 0.2) is 35.1 Å². The smallest absolute Gasteiger partial charge is 0.255 e. The Kier molecular flexibility index (Phi) is 4.08. The highest BCUT2D eigenvalue weighted by molar-refractivity contribution is 5.58. The first-order chi connectivity index (χ1) is 12.5. The molecular weight excluding hydrogens is 328 g/mol.